The Kier molecular flexibility index (Phi) is 6.48. The number of benzene rings is 2. The Morgan fingerprint density at radius 1 is 1.19 bits per heavy atom. The molecule has 0 aliphatic rings. The molecule has 144 valence electrons. The van der Waals surface area contributed by atoms with E-state index in [4.69, 9.17) is 4.74 Å². The summed E-state index contributed by atoms with van der Waals surface area (Å²) in [5.41, 5.74) is -0.279. The van der Waals surface area contributed by atoms with Crippen LogP contribution < -0.4 is 10.1 Å². The normalized spacial score (nSPS) is 11.1. The van der Waals surface area contributed by atoms with E-state index in [1.54, 1.807) is 13.0 Å². The van der Waals surface area contributed by atoms with Crippen LogP contribution in [0.3, 0.4) is 0 Å². The van der Waals surface area contributed by atoms with Crippen LogP contribution in [-0.2, 0) is 17.6 Å². The van der Waals surface area contributed by atoms with E-state index in [1.807, 2.05) is 0 Å². The van der Waals surface area contributed by atoms with Crippen molar-refractivity contribution in [3.8, 4) is 5.75 Å². The van der Waals surface area contributed by atoms with Gasteiger partial charge in [-0.25, -0.2) is 4.79 Å². The molecular formula is C18H15BrF3NO4. The van der Waals surface area contributed by atoms with E-state index in [0.717, 1.165) is 6.07 Å². The van der Waals surface area contributed by atoms with Crippen LogP contribution in [0.25, 0.3) is 0 Å². The van der Waals surface area contributed by atoms with Crippen molar-refractivity contribution in [3.63, 3.8) is 0 Å². The van der Waals surface area contributed by atoms with Crippen molar-refractivity contribution in [2.24, 2.45) is 0 Å². The lowest BCUT2D eigenvalue weighted by atomic mass is 10.1. The van der Waals surface area contributed by atoms with E-state index in [0.29, 0.717) is 5.56 Å². The molecule has 27 heavy (non-hydrogen) atoms. The third-order valence-corrected chi connectivity index (χ3v) is 4.22. The smallest absolute Gasteiger partial charge is 0.417 e. The number of halogens is 4. The largest absolute Gasteiger partial charge is 0.489 e. The van der Waals surface area contributed by atoms with Crippen LogP contribution in [0.4, 0.5) is 18.9 Å². The molecule has 2 aromatic carbocycles. The van der Waals surface area contributed by atoms with Crippen LogP contribution >= 0.6 is 15.9 Å². The zero-order valence-corrected chi connectivity index (χ0v) is 15.6. The molecule has 0 aromatic heterocycles. The van der Waals surface area contributed by atoms with Crippen molar-refractivity contribution >= 4 is 33.5 Å². The van der Waals surface area contributed by atoms with Gasteiger partial charge in [0.1, 0.15) is 12.4 Å². The van der Waals surface area contributed by atoms with Gasteiger partial charge < -0.3 is 15.2 Å². The second-order valence-corrected chi connectivity index (χ2v) is 6.37. The summed E-state index contributed by atoms with van der Waals surface area (Å²) in [6, 6.07) is 7.62. The first-order chi connectivity index (χ1) is 12.6. The van der Waals surface area contributed by atoms with Crippen molar-refractivity contribution in [1.82, 2.24) is 0 Å². The summed E-state index contributed by atoms with van der Waals surface area (Å²) >= 11 is 2.86. The number of anilines is 1. The molecule has 9 heteroatoms. The lowest BCUT2D eigenvalue weighted by Crippen LogP contribution is -2.13. The molecule has 0 saturated carbocycles. The number of carbonyl (C=O) groups is 2. The van der Waals surface area contributed by atoms with Crippen molar-refractivity contribution in [2.75, 3.05) is 5.32 Å². The van der Waals surface area contributed by atoms with Crippen molar-refractivity contribution in [3.05, 3.63) is 57.6 Å². The molecule has 0 radical (unpaired) electrons. The van der Waals surface area contributed by atoms with Crippen LogP contribution in [-0.4, -0.2) is 17.0 Å². The number of rotatable bonds is 6. The number of hydrogen-bond donors (Lipinski definition) is 2. The summed E-state index contributed by atoms with van der Waals surface area (Å²) in [4.78, 5) is 22.9. The summed E-state index contributed by atoms with van der Waals surface area (Å²) < 4.78 is 43.5. The summed E-state index contributed by atoms with van der Waals surface area (Å²) in [7, 11) is 0. The molecule has 5 nitrogen and oxygen atoms in total. The van der Waals surface area contributed by atoms with Crippen molar-refractivity contribution < 1.29 is 32.6 Å². The Bertz CT molecular complexity index is 868. The highest BCUT2D eigenvalue weighted by molar-refractivity contribution is 9.10. The van der Waals surface area contributed by atoms with Gasteiger partial charge in [0.2, 0.25) is 5.91 Å². The monoisotopic (exact) mass is 445 g/mol. The van der Waals surface area contributed by atoms with Gasteiger partial charge >= 0.3 is 12.1 Å². The number of nitrogens with one attached hydrogen (secondary N) is 1. The number of carboxylic acids is 1. The van der Waals surface area contributed by atoms with Gasteiger partial charge in [-0.15, -0.1) is 0 Å². The molecule has 2 N–H and O–H groups in total. The molecule has 0 fully saturated rings. The van der Waals surface area contributed by atoms with E-state index in [-0.39, 0.29) is 40.4 Å². The second kappa shape index (κ2) is 8.43. The molecule has 2 rings (SSSR count). The molecule has 0 spiro atoms. The fourth-order valence-corrected chi connectivity index (χ4v) is 2.77. The second-order valence-electron chi connectivity index (χ2n) is 5.51. The van der Waals surface area contributed by atoms with E-state index in [2.05, 4.69) is 21.2 Å². The van der Waals surface area contributed by atoms with Crippen LogP contribution in [0.1, 0.15) is 34.8 Å². The fourth-order valence-electron chi connectivity index (χ4n) is 2.19. The number of carbonyl (C=O) groups excluding carboxylic acids is 1. The maximum absolute atomic E-state index is 12.7. The highest BCUT2D eigenvalue weighted by Gasteiger charge is 2.32. The van der Waals surface area contributed by atoms with E-state index in [9.17, 15) is 27.9 Å². The van der Waals surface area contributed by atoms with Crippen molar-refractivity contribution in [1.29, 1.82) is 0 Å². The van der Waals surface area contributed by atoms with E-state index >= 15 is 0 Å². The number of aromatic carboxylic acids is 1. The molecule has 0 saturated heterocycles. The molecule has 0 bridgehead atoms. The van der Waals surface area contributed by atoms with Crippen LogP contribution in [0, 0.1) is 0 Å². The maximum Gasteiger partial charge on any atom is 0.417 e. The Labute approximate surface area is 161 Å². The highest BCUT2D eigenvalue weighted by atomic mass is 79.9. The van der Waals surface area contributed by atoms with Gasteiger partial charge in [-0.1, -0.05) is 28.9 Å². The first-order valence-corrected chi connectivity index (χ1v) is 8.56. The summed E-state index contributed by atoms with van der Waals surface area (Å²) in [6.07, 6.45) is -4.28. The standard InChI is InChI=1S/C18H15BrF3NO4/c1-2-16(24)23-15-6-3-10(7-12(15)17(25)26)9-27-11-4-5-13(14(19)8-11)18(20,21)22/h3-8H,2,9H2,1H3,(H,23,24)(H,25,26). The lowest BCUT2D eigenvalue weighted by molar-refractivity contribution is -0.138. The number of carboxylic acid groups (broad SMARTS) is 1. The quantitative estimate of drug-likeness (QED) is 0.648. The third-order valence-electron chi connectivity index (χ3n) is 3.56. The zero-order chi connectivity index (χ0) is 20.2. The maximum atomic E-state index is 12.7. The van der Waals surface area contributed by atoms with Gasteiger partial charge in [-0.3, -0.25) is 4.79 Å². The number of hydrogen-bond acceptors (Lipinski definition) is 3. The molecule has 0 aliphatic heterocycles. The Balaban J connectivity index is 2.16. The first kappa shape index (κ1) is 20.8. The molecular weight excluding hydrogens is 431 g/mol. The number of alkyl halides is 3. The van der Waals surface area contributed by atoms with E-state index in [1.165, 1.54) is 24.3 Å². The fraction of sp³-hybridized carbons (Fsp3) is 0.222. The number of amides is 1. The van der Waals surface area contributed by atoms with Gasteiger partial charge in [0, 0.05) is 10.9 Å². The lowest BCUT2D eigenvalue weighted by Gasteiger charge is -2.13. The van der Waals surface area contributed by atoms with Crippen molar-refractivity contribution in [2.45, 2.75) is 26.1 Å². The average Bonchev–Trinajstić information content (AvgIpc) is 2.59. The van der Waals surface area contributed by atoms with Gasteiger partial charge in [-0.2, -0.15) is 13.2 Å². The summed E-state index contributed by atoms with van der Waals surface area (Å²) in [6.45, 7) is 1.58. The minimum Gasteiger partial charge on any atom is -0.489 e. The predicted octanol–water partition coefficient (Wildman–Crippen LogP) is 5.09. The molecule has 0 atom stereocenters. The molecule has 0 unspecified atom stereocenters. The Morgan fingerprint density at radius 2 is 1.89 bits per heavy atom. The van der Waals surface area contributed by atoms with E-state index < -0.39 is 17.7 Å². The minimum atomic E-state index is -4.48. The summed E-state index contributed by atoms with van der Waals surface area (Å²) in [5, 5.41) is 11.8. The van der Waals surface area contributed by atoms with Crippen LogP contribution in [0.5, 0.6) is 5.75 Å². The van der Waals surface area contributed by atoms with Gasteiger partial charge in [0.25, 0.3) is 0 Å². The number of ether oxygens (including phenoxy) is 1. The first-order valence-electron chi connectivity index (χ1n) is 7.77. The Hall–Kier alpha value is -2.55. The van der Waals surface area contributed by atoms with Gasteiger partial charge in [0.15, 0.2) is 0 Å². The minimum absolute atomic E-state index is 0.0555. The third kappa shape index (κ3) is 5.46. The SMILES string of the molecule is CCC(=O)Nc1ccc(COc2ccc(C(F)(F)F)c(Br)c2)cc1C(=O)O. The van der Waals surface area contributed by atoms with Crippen LogP contribution in [0.15, 0.2) is 40.9 Å². The molecule has 1 amide bonds. The Morgan fingerprint density at radius 3 is 2.44 bits per heavy atom. The molecule has 0 aliphatic carbocycles. The van der Waals surface area contributed by atoms with Gasteiger partial charge in [-0.05, 0) is 35.9 Å². The average molecular weight is 446 g/mol. The molecule has 0 heterocycles. The summed E-state index contributed by atoms with van der Waals surface area (Å²) in [5.74, 6) is -1.35. The zero-order valence-electron chi connectivity index (χ0n) is 14.1. The van der Waals surface area contributed by atoms with Gasteiger partial charge in [0.05, 0.1) is 16.8 Å². The highest BCUT2D eigenvalue weighted by Crippen LogP contribution is 2.36. The predicted molar refractivity (Wildman–Crippen MR) is 95.8 cm³/mol. The topological polar surface area (TPSA) is 75.6 Å². The van der Waals surface area contributed by atoms with Crippen LogP contribution in [0.2, 0.25) is 0 Å². The molecule has 2 aromatic rings.